The molecule has 0 bridgehead atoms. The molecule has 1 saturated heterocycles. The summed E-state index contributed by atoms with van der Waals surface area (Å²) in [5.74, 6) is 0. The Labute approximate surface area is 94.8 Å². The van der Waals surface area contributed by atoms with Crippen LogP contribution in [0.4, 0.5) is 0 Å². The number of nitrogens with one attached hydrogen (secondary N) is 1. The van der Waals surface area contributed by atoms with Crippen LogP contribution in [0.15, 0.2) is 0 Å². The Morgan fingerprint density at radius 3 is 2.60 bits per heavy atom. The molecule has 3 nitrogen and oxygen atoms in total. The molecule has 0 aromatic heterocycles. The van der Waals surface area contributed by atoms with Gasteiger partial charge in [-0.25, -0.2) is 0 Å². The second kappa shape index (κ2) is 7.20. The Hall–Kier alpha value is -0.120. The van der Waals surface area contributed by atoms with Crippen LogP contribution in [0.25, 0.3) is 0 Å². The summed E-state index contributed by atoms with van der Waals surface area (Å²) in [6.07, 6.45) is 4.01. The van der Waals surface area contributed by atoms with Crippen LogP contribution in [0, 0.1) is 0 Å². The zero-order valence-corrected chi connectivity index (χ0v) is 10.6. The molecule has 0 amide bonds. The summed E-state index contributed by atoms with van der Waals surface area (Å²) in [6, 6.07) is 0.754. The molecular formula is C12H27N3. The third-order valence-corrected chi connectivity index (χ3v) is 3.17. The summed E-state index contributed by atoms with van der Waals surface area (Å²) >= 11 is 0. The summed E-state index contributed by atoms with van der Waals surface area (Å²) in [5.41, 5.74) is 0. The lowest BCUT2D eigenvalue weighted by Gasteiger charge is -2.24. The van der Waals surface area contributed by atoms with Crippen LogP contribution >= 0.6 is 0 Å². The van der Waals surface area contributed by atoms with Crippen molar-refractivity contribution in [3.05, 3.63) is 0 Å². The van der Waals surface area contributed by atoms with Crippen molar-refractivity contribution in [3.63, 3.8) is 0 Å². The number of rotatable bonds is 7. The first kappa shape index (κ1) is 12.9. The highest BCUT2D eigenvalue weighted by Crippen LogP contribution is 2.07. The Morgan fingerprint density at radius 1 is 1.27 bits per heavy atom. The molecule has 1 aliphatic heterocycles. The van der Waals surface area contributed by atoms with Crippen molar-refractivity contribution in [1.82, 2.24) is 15.1 Å². The highest BCUT2D eigenvalue weighted by molar-refractivity contribution is 4.77. The zero-order valence-electron chi connectivity index (χ0n) is 10.6. The smallest absolute Gasteiger partial charge is 0.0195 e. The van der Waals surface area contributed by atoms with Crippen LogP contribution in [-0.2, 0) is 0 Å². The van der Waals surface area contributed by atoms with E-state index in [-0.39, 0.29) is 0 Å². The second-order valence-electron chi connectivity index (χ2n) is 4.84. The first-order valence-corrected chi connectivity index (χ1v) is 6.33. The Kier molecular flexibility index (Phi) is 6.22. The number of hydrogen-bond donors (Lipinski definition) is 1. The number of nitrogens with zero attached hydrogens (tertiary/aromatic N) is 2. The summed E-state index contributed by atoms with van der Waals surface area (Å²) in [7, 11) is 4.30. The summed E-state index contributed by atoms with van der Waals surface area (Å²) in [4.78, 5) is 4.84. The molecule has 1 rings (SSSR count). The molecule has 1 N–H and O–H groups in total. The normalized spacial score (nSPS) is 21.8. The summed E-state index contributed by atoms with van der Waals surface area (Å²) < 4.78 is 0. The molecule has 0 saturated carbocycles. The summed E-state index contributed by atoms with van der Waals surface area (Å²) in [5, 5.41) is 3.57. The first-order valence-electron chi connectivity index (χ1n) is 6.33. The van der Waals surface area contributed by atoms with Crippen molar-refractivity contribution >= 4 is 0 Å². The Morgan fingerprint density at radius 2 is 2.07 bits per heavy atom. The van der Waals surface area contributed by atoms with Gasteiger partial charge in [-0.05, 0) is 59.5 Å². The van der Waals surface area contributed by atoms with Crippen molar-refractivity contribution in [1.29, 1.82) is 0 Å². The van der Waals surface area contributed by atoms with Crippen LogP contribution in [0.1, 0.15) is 26.2 Å². The minimum Gasteiger partial charge on any atom is -0.313 e. The van der Waals surface area contributed by atoms with Crippen LogP contribution in [0.3, 0.4) is 0 Å². The van der Waals surface area contributed by atoms with Gasteiger partial charge in [0.25, 0.3) is 0 Å². The average Bonchev–Trinajstić information content (AvgIpc) is 2.68. The quantitative estimate of drug-likeness (QED) is 0.681. The third-order valence-electron chi connectivity index (χ3n) is 3.17. The molecule has 1 heterocycles. The Bertz CT molecular complexity index is 153. The highest BCUT2D eigenvalue weighted by atomic mass is 15.2. The van der Waals surface area contributed by atoms with E-state index in [1.807, 2.05) is 0 Å². The van der Waals surface area contributed by atoms with Gasteiger partial charge in [0, 0.05) is 12.6 Å². The first-order chi connectivity index (χ1) is 7.22. The van der Waals surface area contributed by atoms with Gasteiger partial charge in [-0.15, -0.1) is 0 Å². The van der Waals surface area contributed by atoms with E-state index in [2.05, 4.69) is 36.1 Å². The molecule has 0 aliphatic carbocycles. The van der Waals surface area contributed by atoms with E-state index < -0.39 is 0 Å². The lowest BCUT2D eigenvalue weighted by atomic mass is 10.2. The molecule has 0 aromatic rings. The van der Waals surface area contributed by atoms with Gasteiger partial charge in [0.2, 0.25) is 0 Å². The molecular weight excluding hydrogens is 186 g/mol. The lowest BCUT2D eigenvalue weighted by molar-refractivity contribution is 0.245. The molecule has 3 heteroatoms. The SMILES string of the molecule is CCN(CCCN(C)C)C[C@H]1CCCN1. The molecule has 0 aromatic carbocycles. The fourth-order valence-electron chi connectivity index (χ4n) is 2.21. The third kappa shape index (κ3) is 5.50. The van der Waals surface area contributed by atoms with Gasteiger partial charge < -0.3 is 15.1 Å². The molecule has 1 atom stereocenters. The molecule has 0 unspecified atom stereocenters. The van der Waals surface area contributed by atoms with E-state index >= 15 is 0 Å². The zero-order chi connectivity index (χ0) is 11.1. The van der Waals surface area contributed by atoms with Crippen molar-refractivity contribution < 1.29 is 0 Å². The van der Waals surface area contributed by atoms with Crippen LogP contribution < -0.4 is 5.32 Å². The molecule has 0 radical (unpaired) electrons. The maximum absolute atomic E-state index is 3.57. The minimum absolute atomic E-state index is 0.754. The number of hydrogen-bond acceptors (Lipinski definition) is 3. The molecule has 0 spiro atoms. The van der Waals surface area contributed by atoms with Gasteiger partial charge in [-0.3, -0.25) is 0 Å². The minimum atomic E-state index is 0.754. The molecule has 15 heavy (non-hydrogen) atoms. The topological polar surface area (TPSA) is 18.5 Å². The fourth-order valence-corrected chi connectivity index (χ4v) is 2.21. The fraction of sp³-hybridized carbons (Fsp3) is 1.00. The van der Waals surface area contributed by atoms with E-state index in [0.29, 0.717) is 0 Å². The maximum Gasteiger partial charge on any atom is 0.0195 e. The largest absolute Gasteiger partial charge is 0.313 e. The monoisotopic (exact) mass is 213 g/mol. The van der Waals surface area contributed by atoms with Gasteiger partial charge in [-0.1, -0.05) is 6.92 Å². The molecule has 1 aliphatic rings. The molecule has 1 fully saturated rings. The van der Waals surface area contributed by atoms with Gasteiger partial charge in [-0.2, -0.15) is 0 Å². The van der Waals surface area contributed by atoms with Crippen molar-refractivity contribution in [3.8, 4) is 0 Å². The van der Waals surface area contributed by atoms with E-state index in [0.717, 1.165) is 6.04 Å². The maximum atomic E-state index is 3.57. The number of likely N-dealkylation sites (N-methyl/N-ethyl adjacent to an activating group) is 1. The predicted octanol–water partition coefficient (Wildman–Crippen LogP) is 1.01. The molecule has 90 valence electrons. The van der Waals surface area contributed by atoms with Crippen molar-refractivity contribution in [2.24, 2.45) is 0 Å². The van der Waals surface area contributed by atoms with Gasteiger partial charge in [0.05, 0.1) is 0 Å². The average molecular weight is 213 g/mol. The van der Waals surface area contributed by atoms with Crippen LogP contribution in [0.2, 0.25) is 0 Å². The van der Waals surface area contributed by atoms with Gasteiger partial charge in [0.1, 0.15) is 0 Å². The van der Waals surface area contributed by atoms with Gasteiger partial charge in [0.15, 0.2) is 0 Å². The van der Waals surface area contributed by atoms with Crippen LogP contribution in [0.5, 0.6) is 0 Å². The van der Waals surface area contributed by atoms with E-state index in [4.69, 9.17) is 0 Å². The van der Waals surface area contributed by atoms with Crippen molar-refractivity contribution in [2.45, 2.75) is 32.2 Å². The highest BCUT2D eigenvalue weighted by Gasteiger charge is 2.16. The van der Waals surface area contributed by atoms with Gasteiger partial charge >= 0.3 is 0 Å². The van der Waals surface area contributed by atoms with Crippen LogP contribution in [-0.4, -0.2) is 62.7 Å². The predicted molar refractivity (Wildman–Crippen MR) is 66.3 cm³/mol. The van der Waals surface area contributed by atoms with Crippen molar-refractivity contribution in [2.75, 3.05) is 46.8 Å². The Balaban J connectivity index is 2.11. The lowest BCUT2D eigenvalue weighted by Crippen LogP contribution is -2.38. The standard InChI is InChI=1S/C12H27N3/c1-4-15(10-6-9-14(2)3)11-12-7-5-8-13-12/h12-13H,4-11H2,1-3H3/t12-/m1/s1. The summed E-state index contributed by atoms with van der Waals surface area (Å²) in [6.45, 7) is 8.36. The van der Waals surface area contributed by atoms with E-state index in [1.165, 1.54) is 52.0 Å². The second-order valence-corrected chi connectivity index (χ2v) is 4.84. The van der Waals surface area contributed by atoms with E-state index in [9.17, 15) is 0 Å². The van der Waals surface area contributed by atoms with E-state index in [1.54, 1.807) is 0 Å².